The Morgan fingerprint density at radius 1 is 0.630 bits per heavy atom. The molecular weight excluding hydrogens is 359 g/mol. The van der Waals surface area contributed by atoms with Crippen molar-refractivity contribution >= 4 is 9.84 Å². The van der Waals surface area contributed by atoms with Crippen LogP contribution in [-0.4, -0.2) is 14.7 Å². The highest BCUT2D eigenvalue weighted by Crippen LogP contribution is 2.46. The zero-order chi connectivity index (χ0) is 19.0. The molecule has 0 heterocycles. The summed E-state index contributed by atoms with van der Waals surface area (Å²) in [6.45, 7) is 0. The summed E-state index contributed by atoms with van der Waals surface area (Å²) in [5.74, 6) is -0.299. The topological polar surface area (TPSA) is 34.1 Å². The number of halogens is 1. The van der Waals surface area contributed by atoms with Crippen molar-refractivity contribution in [1.29, 1.82) is 0 Å². The first-order chi connectivity index (χ1) is 13.0. The average Bonchev–Trinajstić information content (AvgIpc) is 2.81. The molecule has 0 radical (unpaired) electrons. The molecule has 0 aromatic heterocycles. The number of benzene rings is 2. The highest BCUT2D eigenvalue weighted by Gasteiger charge is 2.25. The summed E-state index contributed by atoms with van der Waals surface area (Å²) in [5, 5.41) is 0. The lowest BCUT2D eigenvalue weighted by molar-refractivity contribution is 0.602. The van der Waals surface area contributed by atoms with Crippen LogP contribution in [0.15, 0.2) is 89.8 Å². The molecule has 2 aliphatic carbocycles. The fourth-order valence-electron chi connectivity index (χ4n) is 3.38. The van der Waals surface area contributed by atoms with Gasteiger partial charge in [-0.05, 0) is 28.8 Å². The Kier molecular flexibility index (Phi) is 4.28. The molecule has 0 fully saturated rings. The molecule has 4 heteroatoms. The Balaban J connectivity index is 2.03. The molecule has 2 aromatic rings. The van der Waals surface area contributed by atoms with Crippen molar-refractivity contribution in [3.8, 4) is 33.4 Å². The van der Waals surface area contributed by atoms with E-state index in [2.05, 4.69) is 0 Å². The van der Waals surface area contributed by atoms with Gasteiger partial charge in [0.1, 0.15) is 5.82 Å². The van der Waals surface area contributed by atoms with Gasteiger partial charge in [0.2, 0.25) is 0 Å². The van der Waals surface area contributed by atoms with E-state index in [1.807, 2.05) is 54.6 Å². The third-order valence-corrected chi connectivity index (χ3v) is 5.78. The fraction of sp³-hybridized carbons (Fsp3) is 0.0435. The SMILES string of the molecule is CS(=O)(=O)c1ccc(-c2c(F)c3cccccc-3c2-c2ccccc2)cc1. The Bertz CT molecular complexity index is 1180. The van der Waals surface area contributed by atoms with E-state index in [0.717, 1.165) is 22.9 Å². The van der Waals surface area contributed by atoms with Crippen LogP contribution in [0, 0.1) is 5.82 Å². The summed E-state index contributed by atoms with van der Waals surface area (Å²) >= 11 is 0. The largest absolute Gasteiger partial charge is 0.224 e. The fourth-order valence-corrected chi connectivity index (χ4v) is 4.01. The zero-order valence-electron chi connectivity index (χ0n) is 14.7. The molecule has 0 atom stereocenters. The molecule has 2 aromatic carbocycles. The molecule has 0 amide bonds. The second-order valence-electron chi connectivity index (χ2n) is 6.46. The summed E-state index contributed by atoms with van der Waals surface area (Å²) in [6, 6.07) is 25.3. The minimum absolute atomic E-state index is 0.218. The molecular formula is C23H17FO2S. The van der Waals surface area contributed by atoms with Gasteiger partial charge < -0.3 is 0 Å². The lowest BCUT2D eigenvalue weighted by Gasteiger charge is -2.08. The first kappa shape index (κ1) is 17.4. The van der Waals surface area contributed by atoms with Crippen molar-refractivity contribution in [2.24, 2.45) is 0 Å². The van der Waals surface area contributed by atoms with Crippen LogP contribution in [0.2, 0.25) is 0 Å². The van der Waals surface area contributed by atoms with Crippen LogP contribution < -0.4 is 0 Å². The van der Waals surface area contributed by atoms with Crippen LogP contribution in [0.25, 0.3) is 33.4 Å². The molecule has 0 aliphatic heterocycles. The third-order valence-electron chi connectivity index (χ3n) is 4.65. The van der Waals surface area contributed by atoms with E-state index in [1.165, 1.54) is 12.1 Å². The maximum Gasteiger partial charge on any atom is 0.175 e. The van der Waals surface area contributed by atoms with Gasteiger partial charge in [0.05, 0.1) is 4.90 Å². The number of sulfone groups is 1. The normalized spacial score (nSPS) is 11.6. The summed E-state index contributed by atoms with van der Waals surface area (Å²) < 4.78 is 38.9. The van der Waals surface area contributed by atoms with Crippen LogP contribution in [-0.2, 0) is 9.84 Å². The van der Waals surface area contributed by atoms with Crippen molar-refractivity contribution in [2.75, 3.05) is 6.26 Å². The summed E-state index contributed by atoms with van der Waals surface area (Å²) in [6.07, 6.45) is 1.16. The predicted molar refractivity (Wildman–Crippen MR) is 107 cm³/mol. The van der Waals surface area contributed by atoms with E-state index < -0.39 is 9.84 Å². The lowest BCUT2D eigenvalue weighted by atomic mass is 9.96. The molecule has 4 rings (SSSR count). The molecule has 2 nitrogen and oxygen atoms in total. The molecule has 0 saturated heterocycles. The number of hydrogen-bond acceptors (Lipinski definition) is 2. The minimum Gasteiger partial charge on any atom is -0.224 e. The van der Waals surface area contributed by atoms with E-state index in [4.69, 9.17) is 0 Å². The van der Waals surface area contributed by atoms with Gasteiger partial charge in [0, 0.05) is 22.9 Å². The van der Waals surface area contributed by atoms with E-state index in [0.29, 0.717) is 16.7 Å². The first-order valence-electron chi connectivity index (χ1n) is 8.53. The van der Waals surface area contributed by atoms with Crippen molar-refractivity contribution < 1.29 is 12.8 Å². The maximum absolute atomic E-state index is 15.4. The Morgan fingerprint density at radius 2 is 1.15 bits per heavy atom. The highest BCUT2D eigenvalue weighted by atomic mass is 32.2. The molecule has 134 valence electrons. The summed E-state index contributed by atoms with van der Waals surface area (Å²) in [4.78, 5) is 0.218. The van der Waals surface area contributed by atoms with Crippen LogP contribution in [0.1, 0.15) is 0 Å². The van der Waals surface area contributed by atoms with E-state index >= 15 is 4.39 Å². The van der Waals surface area contributed by atoms with Crippen LogP contribution >= 0.6 is 0 Å². The van der Waals surface area contributed by atoms with Gasteiger partial charge >= 0.3 is 0 Å². The second kappa shape index (κ2) is 6.63. The molecule has 0 bridgehead atoms. The minimum atomic E-state index is -3.30. The molecule has 2 aliphatic rings. The van der Waals surface area contributed by atoms with Crippen molar-refractivity contribution in [1.82, 2.24) is 0 Å². The van der Waals surface area contributed by atoms with Gasteiger partial charge in [-0.3, -0.25) is 0 Å². The molecule has 0 unspecified atom stereocenters. The van der Waals surface area contributed by atoms with Gasteiger partial charge in [-0.25, -0.2) is 12.8 Å². The Labute approximate surface area is 158 Å². The van der Waals surface area contributed by atoms with E-state index in [9.17, 15) is 8.42 Å². The molecule has 27 heavy (non-hydrogen) atoms. The van der Waals surface area contributed by atoms with Gasteiger partial charge in [-0.1, -0.05) is 72.8 Å². The molecule has 0 N–H and O–H groups in total. The van der Waals surface area contributed by atoms with E-state index in [-0.39, 0.29) is 10.7 Å². The van der Waals surface area contributed by atoms with Crippen LogP contribution in [0.4, 0.5) is 4.39 Å². The monoisotopic (exact) mass is 376 g/mol. The highest BCUT2D eigenvalue weighted by molar-refractivity contribution is 7.90. The van der Waals surface area contributed by atoms with Crippen molar-refractivity contribution in [3.63, 3.8) is 0 Å². The van der Waals surface area contributed by atoms with Gasteiger partial charge in [0.15, 0.2) is 9.84 Å². The number of rotatable bonds is 3. The van der Waals surface area contributed by atoms with Crippen LogP contribution in [0.5, 0.6) is 0 Å². The lowest BCUT2D eigenvalue weighted by Crippen LogP contribution is -1.96. The Hall–Kier alpha value is -2.98. The number of hydrogen-bond donors (Lipinski definition) is 0. The van der Waals surface area contributed by atoms with Crippen molar-refractivity contribution in [3.05, 3.63) is 90.7 Å². The van der Waals surface area contributed by atoms with Gasteiger partial charge in [-0.2, -0.15) is 0 Å². The van der Waals surface area contributed by atoms with Gasteiger partial charge in [-0.15, -0.1) is 0 Å². The predicted octanol–water partition coefficient (Wildman–Crippen LogP) is 5.67. The zero-order valence-corrected chi connectivity index (χ0v) is 15.5. The third kappa shape index (κ3) is 3.13. The summed E-state index contributed by atoms with van der Waals surface area (Å²) in [5.41, 5.74) is 4.23. The standard InChI is InChI=1S/C23H17FO2S/c1-27(25,26)18-14-12-17(13-15-18)22-21(16-8-4-2-5-9-16)19-10-6-3-7-11-20(19)23(22)24/h2-15H,1H3. The maximum atomic E-state index is 15.4. The smallest absolute Gasteiger partial charge is 0.175 e. The Morgan fingerprint density at radius 3 is 1.74 bits per heavy atom. The average molecular weight is 376 g/mol. The van der Waals surface area contributed by atoms with Crippen LogP contribution in [0.3, 0.4) is 0 Å². The quantitative estimate of drug-likeness (QED) is 0.462. The number of fused-ring (bicyclic) bond motifs is 1. The van der Waals surface area contributed by atoms with E-state index in [1.54, 1.807) is 18.2 Å². The summed E-state index contributed by atoms with van der Waals surface area (Å²) in [7, 11) is -3.30. The van der Waals surface area contributed by atoms with Gasteiger partial charge in [0.25, 0.3) is 0 Å². The first-order valence-corrected chi connectivity index (χ1v) is 10.4. The molecule has 0 saturated carbocycles. The molecule has 0 spiro atoms. The second-order valence-corrected chi connectivity index (χ2v) is 8.48. The van der Waals surface area contributed by atoms with Crippen molar-refractivity contribution in [2.45, 2.75) is 4.90 Å².